The third-order valence-electron chi connectivity index (χ3n) is 2.93. The second kappa shape index (κ2) is 4.48. The third-order valence-corrected chi connectivity index (χ3v) is 2.93. The average molecular weight is 264 g/mol. The Morgan fingerprint density at radius 2 is 2.10 bits per heavy atom. The highest BCUT2D eigenvalue weighted by Crippen LogP contribution is 2.23. The zero-order valence-corrected chi connectivity index (χ0v) is 10.2. The predicted octanol–water partition coefficient (Wildman–Crippen LogP) is 1.99. The molecule has 0 fully saturated rings. The van der Waals surface area contributed by atoms with Crippen LogP contribution >= 0.6 is 0 Å². The summed E-state index contributed by atoms with van der Waals surface area (Å²) in [5.74, 6) is -1.06. The van der Waals surface area contributed by atoms with E-state index in [2.05, 4.69) is 16.2 Å². The summed E-state index contributed by atoms with van der Waals surface area (Å²) < 4.78 is 1.39. The summed E-state index contributed by atoms with van der Waals surface area (Å²) in [6.45, 7) is 0. The topological polar surface area (TPSA) is 91.8 Å². The maximum Gasteiger partial charge on any atom is 0.338 e. The normalized spacial score (nSPS) is 10.3. The van der Waals surface area contributed by atoms with Gasteiger partial charge in [-0.25, -0.2) is 9.48 Å². The number of carbonyl (C=O) groups is 1. The van der Waals surface area contributed by atoms with Crippen molar-refractivity contribution in [2.45, 2.75) is 0 Å². The SMILES string of the molecule is N#Cc1cnc2ccccc2c1-n1cc(C(=O)O)cn1. The van der Waals surface area contributed by atoms with E-state index in [0.29, 0.717) is 16.8 Å². The molecule has 3 aromatic rings. The smallest absolute Gasteiger partial charge is 0.338 e. The first-order chi connectivity index (χ1) is 9.70. The van der Waals surface area contributed by atoms with Crippen molar-refractivity contribution in [1.29, 1.82) is 5.26 Å². The van der Waals surface area contributed by atoms with Gasteiger partial charge < -0.3 is 5.11 Å². The molecular weight excluding hydrogens is 256 g/mol. The Kier molecular flexibility index (Phi) is 2.66. The van der Waals surface area contributed by atoms with Crippen LogP contribution in [0.25, 0.3) is 16.6 Å². The molecule has 1 N–H and O–H groups in total. The molecule has 0 aliphatic rings. The molecule has 0 atom stereocenters. The Labute approximate surface area is 113 Å². The lowest BCUT2D eigenvalue weighted by molar-refractivity contribution is 0.0697. The Morgan fingerprint density at radius 3 is 2.80 bits per heavy atom. The Balaban J connectivity index is 2.33. The van der Waals surface area contributed by atoms with E-state index in [1.54, 1.807) is 0 Å². The quantitative estimate of drug-likeness (QED) is 0.764. The van der Waals surface area contributed by atoms with Gasteiger partial charge >= 0.3 is 5.97 Å². The van der Waals surface area contributed by atoms with Crippen molar-refractivity contribution in [1.82, 2.24) is 14.8 Å². The molecular formula is C14H8N4O2. The van der Waals surface area contributed by atoms with Gasteiger partial charge in [0.25, 0.3) is 0 Å². The van der Waals surface area contributed by atoms with Gasteiger partial charge in [0.05, 0.1) is 28.5 Å². The minimum Gasteiger partial charge on any atom is -0.478 e. The first kappa shape index (κ1) is 11.9. The van der Waals surface area contributed by atoms with Crippen molar-refractivity contribution >= 4 is 16.9 Å². The van der Waals surface area contributed by atoms with Crippen LogP contribution in [0.3, 0.4) is 0 Å². The number of fused-ring (bicyclic) bond motifs is 1. The van der Waals surface area contributed by atoms with Crippen LogP contribution in [0.5, 0.6) is 0 Å². The highest BCUT2D eigenvalue weighted by molar-refractivity contribution is 5.90. The van der Waals surface area contributed by atoms with Gasteiger partial charge in [0.1, 0.15) is 6.07 Å². The van der Waals surface area contributed by atoms with E-state index in [-0.39, 0.29) is 5.56 Å². The third kappa shape index (κ3) is 1.78. The molecule has 20 heavy (non-hydrogen) atoms. The van der Waals surface area contributed by atoms with E-state index in [1.807, 2.05) is 24.3 Å². The van der Waals surface area contributed by atoms with E-state index in [1.165, 1.54) is 23.3 Å². The zero-order valence-electron chi connectivity index (χ0n) is 10.2. The number of nitrogens with zero attached hydrogens (tertiary/aromatic N) is 4. The number of para-hydroxylation sites is 1. The fraction of sp³-hybridized carbons (Fsp3) is 0. The van der Waals surface area contributed by atoms with Gasteiger partial charge in [-0.1, -0.05) is 18.2 Å². The molecule has 0 aliphatic heterocycles. The number of aromatic nitrogens is 3. The molecule has 0 radical (unpaired) electrons. The maximum atomic E-state index is 10.9. The minimum absolute atomic E-state index is 0.0646. The molecule has 6 nitrogen and oxygen atoms in total. The van der Waals surface area contributed by atoms with Crippen LogP contribution in [0, 0.1) is 11.3 Å². The molecule has 2 heterocycles. The molecule has 0 amide bonds. The summed E-state index contributed by atoms with van der Waals surface area (Å²) in [7, 11) is 0. The number of pyridine rings is 1. The Morgan fingerprint density at radius 1 is 1.30 bits per heavy atom. The number of nitriles is 1. The first-order valence-corrected chi connectivity index (χ1v) is 5.77. The second-order valence-electron chi connectivity index (χ2n) is 4.13. The zero-order chi connectivity index (χ0) is 14.1. The van der Waals surface area contributed by atoms with Gasteiger partial charge in [0, 0.05) is 17.8 Å². The van der Waals surface area contributed by atoms with Crippen molar-refractivity contribution in [2.75, 3.05) is 0 Å². The van der Waals surface area contributed by atoms with Crippen molar-refractivity contribution < 1.29 is 9.90 Å². The number of carboxylic acids is 1. The van der Waals surface area contributed by atoms with Crippen LogP contribution < -0.4 is 0 Å². The first-order valence-electron chi connectivity index (χ1n) is 5.77. The van der Waals surface area contributed by atoms with E-state index in [9.17, 15) is 10.1 Å². The number of hydrogen-bond donors (Lipinski definition) is 1. The van der Waals surface area contributed by atoms with Crippen molar-refractivity contribution in [2.24, 2.45) is 0 Å². The van der Waals surface area contributed by atoms with Gasteiger partial charge in [-0.3, -0.25) is 4.98 Å². The van der Waals surface area contributed by atoms with E-state index >= 15 is 0 Å². The monoisotopic (exact) mass is 264 g/mol. The van der Waals surface area contributed by atoms with Crippen LogP contribution in [-0.2, 0) is 0 Å². The van der Waals surface area contributed by atoms with E-state index in [4.69, 9.17) is 5.11 Å². The number of benzene rings is 1. The van der Waals surface area contributed by atoms with Gasteiger partial charge in [-0.05, 0) is 6.07 Å². The minimum atomic E-state index is -1.06. The Bertz CT molecular complexity index is 861. The molecule has 0 unspecified atom stereocenters. The number of carboxylic acid groups (broad SMARTS) is 1. The molecule has 96 valence electrons. The van der Waals surface area contributed by atoms with Gasteiger partial charge in [-0.2, -0.15) is 10.4 Å². The lowest BCUT2D eigenvalue weighted by Gasteiger charge is -2.07. The van der Waals surface area contributed by atoms with E-state index < -0.39 is 5.97 Å². The standard InChI is InChI=1S/C14H8N4O2/c15-5-9-6-16-12-4-2-1-3-11(12)13(9)18-8-10(7-17-18)14(19)20/h1-4,6-8H,(H,19,20). The lowest BCUT2D eigenvalue weighted by Crippen LogP contribution is -2.01. The van der Waals surface area contributed by atoms with Crippen LogP contribution in [0.4, 0.5) is 0 Å². The summed E-state index contributed by atoms with van der Waals surface area (Å²) in [5.41, 5.74) is 1.65. The fourth-order valence-corrected chi connectivity index (χ4v) is 2.01. The number of hydrogen-bond acceptors (Lipinski definition) is 4. The molecule has 0 saturated carbocycles. The predicted molar refractivity (Wildman–Crippen MR) is 70.5 cm³/mol. The maximum absolute atomic E-state index is 10.9. The van der Waals surface area contributed by atoms with Crippen LogP contribution in [0.1, 0.15) is 15.9 Å². The number of rotatable bonds is 2. The summed E-state index contributed by atoms with van der Waals surface area (Å²) in [5, 5.41) is 22.9. The molecule has 0 spiro atoms. The van der Waals surface area contributed by atoms with Crippen LogP contribution in [0.2, 0.25) is 0 Å². The van der Waals surface area contributed by atoms with Crippen LogP contribution in [0.15, 0.2) is 42.9 Å². The van der Waals surface area contributed by atoms with Crippen molar-refractivity contribution in [3.05, 3.63) is 54.0 Å². The summed E-state index contributed by atoms with van der Waals surface area (Å²) >= 11 is 0. The average Bonchev–Trinajstić information content (AvgIpc) is 2.95. The van der Waals surface area contributed by atoms with Crippen LogP contribution in [-0.4, -0.2) is 25.8 Å². The fourth-order valence-electron chi connectivity index (χ4n) is 2.01. The molecule has 2 aromatic heterocycles. The lowest BCUT2D eigenvalue weighted by atomic mass is 10.1. The Hall–Kier alpha value is -3.20. The van der Waals surface area contributed by atoms with Gasteiger partial charge in [0.2, 0.25) is 0 Å². The molecule has 0 saturated heterocycles. The summed E-state index contributed by atoms with van der Waals surface area (Å²) in [6.07, 6.45) is 4.09. The molecule has 1 aromatic carbocycles. The van der Waals surface area contributed by atoms with Gasteiger partial charge in [-0.15, -0.1) is 0 Å². The highest BCUT2D eigenvalue weighted by Gasteiger charge is 2.13. The molecule has 6 heteroatoms. The summed E-state index contributed by atoms with van der Waals surface area (Å²) in [4.78, 5) is 15.1. The second-order valence-corrected chi connectivity index (χ2v) is 4.13. The van der Waals surface area contributed by atoms with Crippen molar-refractivity contribution in [3.8, 4) is 11.8 Å². The number of aromatic carboxylic acids is 1. The summed E-state index contributed by atoms with van der Waals surface area (Å²) in [6, 6.07) is 9.37. The highest BCUT2D eigenvalue weighted by atomic mass is 16.4. The molecule has 0 bridgehead atoms. The molecule has 0 aliphatic carbocycles. The van der Waals surface area contributed by atoms with Crippen molar-refractivity contribution in [3.63, 3.8) is 0 Å². The van der Waals surface area contributed by atoms with Gasteiger partial charge in [0.15, 0.2) is 0 Å². The molecule has 3 rings (SSSR count). The van der Waals surface area contributed by atoms with E-state index in [0.717, 1.165) is 5.39 Å². The largest absolute Gasteiger partial charge is 0.478 e.